The predicted molar refractivity (Wildman–Crippen MR) is 84.5 cm³/mol. The van der Waals surface area contributed by atoms with Gasteiger partial charge in [0.15, 0.2) is 0 Å². The van der Waals surface area contributed by atoms with Crippen molar-refractivity contribution in [1.29, 1.82) is 0 Å². The lowest BCUT2D eigenvalue weighted by Gasteiger charge is -2.32. The molecule has 0 aliphatic carbocycles. The zero-order valence-corrected chi connectivity index (χ0v) is 13.1. The number of hydrogen-bond acceptors (Lipinski definition) is 2. The number of carbonyl (C=O) groups is 1. The highest BCUT2D eigenvalue weighted by Crippen LogP contribution is 2.13. The maximum Gasteiger partial charge on any atom is 0.217 e. The van der Waals surface area contributed by atoms with Crippen molar-refractivity contribution in [3.05, 3.63) is 35.9 Å². The fourth-order valence-corrected chi connectivity index (χ4v) is 2.36. The molecule has 0 unspecified atom stereocenters. The van der Waals surface area contributed by atoms with E-state index < -0.39 is 0 Å². The molecule has 0 radical (unpaired) electrons. The van der Waals surface area contributed by atoms with Gasteiger partial charge in [0.2, 0.25) is 5.91 Å². The van der Waals surface area contributed by atoms with Crippen LogP contribution in [0.1, 0.15) is 45.6 Å². The van der Waals surface area contributed by atoms with Crippen molar-refractivity contribution >= 4 is 5.91 Å². The molecule has 1 aromatic rings. The van der Waals surface area contributed by atoms with Crippen LogP contribution in [0.3, 0.4) is 0 Å². The van der Waals surface area contributed by atoms with Crippen LogP contribution in [0.25, 0.3) is 0 Å². The predicted octanol–water partition coefficient (Wildman–Crippen LogP) is 3.20. The Bertz CT molecular complexity index is 370. The molecule has 20 heavy (non-hydrogen) atoms. The van der Waals surface area contributed by atoms with Gasteiger partial charge in [-0.25, -0.2) is 0 Å². The largest absolute Gasteiger partial charge is 0.354 e. The van der Waals surface area contributed by atoms with Crippen LogP contribution in [-0.4, -0.2) is 29.9 Å². The number of rotatable bonds is 3. The zero-order chi connectivity index (χ0) is 14.8. The van der Waals surface area contributed by atoms with Gasteiger partial charge < -0.3 is 5.32 Å². The Kier molecular flexibility index (Phi) is 7.97. The molecule has 3 heteroatoms. The molecule has 0 aromatic heterocycles. The number of nitrogens with zero attached hydrogens (tertiary/aromatic N) is 1. The molecule has 1 amide bonds. The summed E-state index contributed by atoms with van der Waals surface area (Å²) in [5.41, 5.74) is 1.37. The van der Waals surface area contributed by atoms with Crippen LogP contribution < -0.4 is 5.32 Å². The molecule has 3 nitrogen and oxygen atoms in total. The van der Waals surface area contributed by atoms with Gasteiger partial charge in [-0.1, -0.05) is 50.6 Å². The summed E-state index contributed by atoms with van der Waals surface area (Å²) in [5, 5.41) is 3.00. The van der Waals surface area contributed by atoms with Crippen LogP contribution in [0.2, 0.25) is 0 Å². The van der Waals surface area contributed by atoms with Gasteiger partial charge in [-0.05, 0) is 18.4 Å². The Hall–Kier alpha value is -1.35. The SMILES string of the molecule is CC(=O)NC1CCN(Cc2ccccc2)CC1.CCC. The smallest absolute Gasteiger partial charge is 0.217 e. The second-order valence-corrected chi connectivity index (χ2v) is 5.44. The average Bonchev–Trinajstić information content (AvgIpc) is 2.42. The van der Waals surface area contributed by atoms with Crippen LogP contribution >= 0.6 is 0 Å². The number of hydrogen-bond donors (Lipinski definition) is 1. The van der Waals surface area contributed by atoms with E-state index in [4.69, 9.17) is 0 Å². The van der Waals surface area contributed by atoms with Crippen molar-refractivity contribution in [2.24, 2.45) is 0 Å². The van der Waals surface area contributed by atoms with Crippen molar-refractivity contribution < 1.29 is 4.79 Å². The Morgan fingerprint density at radius 3 is 2.25 bits per heavy atom. The molecule has 0 saturated carbocycles. The van der Waals surface area contributed by atoms with E-state index >= 15 is 0 Å². The van der Waals surface area contributed by atoms with Crippen LogP contribution in [0, 0.1) is 0 Å². The van der Waals surface area contributed by atoms with Crippen LogP contribution in [-0.2, 0) is 11.3 Å². The molecule has 0 bridgehead atoms. The van der Waals surface area contributed by atoms with E-state index in [0.29, 0.717) is 6.04 Å². The third-order valence-corrected chi connectivity index (χ3v) is 3.24. The van der Waals surface area contributed by atoms with E-state index in [1.807, 2.05) is 6.07 Å². The maximum absolute atomic E-state index is 11.0. The lowest BCUT2D eigenvalue weighted by Crippen LogP contribution is -2.43. The summed E-state index contributed by atoms with van der Waals surface area (Å²) in [6.45, 7) is 9.00. The van der Waals surface area contributed by atoms with Crippen molar-refractivity contribution in [3.8, 4) is 0 Å². The lowest BCUT2D eigenvalue weighted by molar-refractivity contribution is -0.119. The quantitative estimate of drug-likeness (QED) is 0.919. The second kappa shape index (κ2) is 9.54. The van der Waals surface area contributed by atoms with Crippen LogP contribution in [0.4, 0.5) is 0 Å². The van der Waals surface area contributed by atoms with Crippen molar-refractivity contribution in [2.45, 2.75) is 52.6 Å². The average molecular weight is 276 g/mol. The fraction of sp³-hybridized carbons (Fsp3) is 0.588. The van der Waals surface area contributed by atoms with Crippen molar-refractivity contribution in [2.75, 3.05) is 13.1 Å². The van der Waals surface area contributed by atoms with E-state index in [0.717, 1.165) is 32.5 Å². The molecule has 1 aliphatic rings. The van der Waals surface area contributed by atoms with Gasteiger partial charge in [0, 0.05) is 32.6 Å². The molecule has 0 spiro atoms. The van der Waals surface area contributed by atoms with Gasteiger partial charge in [0.05, 0.1) is 0 Å². The summed E-state index contributed by atoms with van der Waals surface area (Å²) in [6, 6.07) is 10.9. The molecule has 0 atom stereocenters. The first-order valence-corrected chi connectivity index (χ1v) is 7.69. The molecule has 1 aromatic carbocycles. The minimum Gasteiger partial charge on any atom is -0.354 e. The molecule has 1 fully saturated rings. The van der Waals surface area contributed by atoms with Crippen LogP contribution in [0.15, 0.2) is 30.3 Å². The summed E-state index contributed by atoms with van der Waals surface area (Å²) in [7, 11) is 0. The summed E-state index contributed by atoms with van der Waals surface area (Å²) in [4.78, 5) is 13.4. The lowest BCUT2D eigenvalue weighted by atomic mass is 10.0. The number of piperidine rings is 1. The molecule has 2 rings (SSSR count). The Morgan fingerprint density at radius 1 is 1.20 bits per heavy atom. The van der Waals surface area contributed by atoms with Gasteiger partial charge in [0.1, 0.15) is 0 Å². The van der Waals surface area contributed by atoms with Crippen molar-refractivity contribution in [1.82, 2.24) is 10.2 Å². The minimum absolute atomic E-state index is 0.0894. The third kappa shape index (κ3) is 6.71. The van der Waals surface area contributed by atoms with Gasteiger partial charge in [-0.15, -0.1) is 0 Å². The van der Waals surface area contributed by atoms with Gasteiger partial charge in [-0.2, -0.15) is 0 Å². The third-order valence-electron chi connectivity index (χ3n) is 3.24. The number of likely N-dealkylation sites (tertiary alicyclic amines) is 1. The van der Waals surface area contributed by atoms with Gasteiger partial charge >= 0.3 is 0 Å². The highest BCUT2D eigenvalue weighted by atomic mass is 16.1. The molecule has 1 N–H and O–H groups in total. The number of amides is 1. The monoisotopic (exact) mass is 276 g/mol. The summed E-state index contributed by atoms with van der Waals surface area (Å²) < 4.78 is 0. The fourth-order valence-electron chi connectivity index (χ4n) is 2.36. The van der Waals surface area contributed by atoms with E-state index in [1.54, 1.807) is 6.92 Å². The van der Waals surface area contributed by atoms with Crippen molar-refractivity contribution in [3.63, 3.8) is 0 Å². The standard InChI is InChI=1S/C14H20N2O.C3H8/c1-12(17)15-14-7-9-16(10-8-14)11-13-5-3-2-4-6-13;1-3-2/h2-6,14H,7-11H2,1H3,(H,15,17);3H2,1-2H3. The van der Waals surface area contributed by atoms with Gasteiger partial charge in [-0.3, -0.25) is 9.69 Å². The topological polar surface area (TPSA) is 32.3 Å². The summed E-state index contributed by atoms with van der Waals surface area (Å²) >= 11 is 0. The second-order valence-electron chi connectivity index (χ2n) is 5.44. The first kappa shape index (κ1) is 16.7. The highest BCUT2D eigenvalue weighted by Gasteiger charge is 2.19. The molecular formula is C17H28N2O. The van der Waals surface area contributed by atoms with Crippen LogP contribution in [0.5, 0.6) is 0 Å². The summed E-state index contributed by atoms with van der Waals surface area (Å²) in [5.74, 6) is 0.0894. The Morgan fingerprint density at radius 2 is 1.75 bits per heavy atom. The molecule has 1 aliphatic heterocycles. The van der Waals surface area contributed by atoms with E-state index in [2.05, 4.69) is 48.3 Å². The Labute approximate surface area is 123 Å². The molecule has 1 saturated heterocycles. The number of carbonyl (C=O) groups excluding carboxylic acids is 1. The normalized spacial score (nSPS) is 16.1. The summed E-state index contributed by atoms with van der Waals surface area (Å²) in [6.07, 6.45) is 3.37. The number of nitrogens with one attached hydrogen (secondary N) is 1. The first-order valence-electron chi connectivity index (χ1n) is 7.69. The van der Waals surface area contributed by atoms with E-state index in [9.17, 15) is 4.79 Å². The highest BCUT2D eigenvalue weighted by molar-refractivity contribution is 5.73. The first-order chi connectivity index (χ1) is 9.65. The van der Waals surface area contributed by atoms with Gasteiger partial charge in [0.25, 0.3) is 0 Å². The minimum atomic E-state index is 0.0894. The maximum atomic E-state index is 11.0. The zero-order valence-electron chi connectivity index (χ0n) is 13.1. The molecule has 112 valence electrons. The molecule has 1 heterocycles. The molecular weight excluding hydrogens is 248 g/mol. The van der Waals surface area contributed by atoms with E-state index in [1.165, 1.54) is 12.0 Å². The van der Waals surface area contributed by atoms with E-state index in [-0.39, 0.29) is 5.91 Å². The number of benzene rings is 1. The Balaban J connectivity index is 0.000000612.